The van der Waals surface area contributed by atoms with Crippen LogP contribution in [0.1, 0.15) is 31.2 Å². The predicted octanol–water partition coefficient (Wildman–Crippen LogP) is 3.21. The van der Waals surface area contributed by atoms with E-state index in [1.54, 1.807) is 33.0 Å². The van der Waals surface area contributed by atoms with Crippen molar-refractivity contribution in [3.05, 3.63) is 34.5 Å². The number of amides is 1. The van der Waals surface area contributed by atoms with Gasteiger partial charge >= 0.3 is 6.09 Å². The topological polar surface area (TPSA) is 76.0 Å². The zero-order valence-electron chi connectivity index (χ0n) is 13.9. The molecule has 0 saturated heterocycles. The second-order valence-corrected chi connectivity index (χ2v) is 9.96. The highest BCUT2D eigenvalue weighted by atomic mass is 32.2. The summed E-state index contributed by atoms with van der Waals surface area (Å²) in [5.74, 6) is 0. The number of hydrogen-bond donors (Lipinski definition) is 0. The number of fused-ring (bicyclic) bond motifs is 3. The van der Waals surface area contributed by atoms with E-state index >= 15 is 0 Å². The van der Waals surface area contributed by atoms with Crippen LogP contribution in [0.3, 0.4) is 0 Å². The van der Waals surface area contributed by atoms with Crippen LogP contribution < -0.4 is 0 Å². The van der Waals surface area contributed by atoms with Crippen molar-refractivity contribution in [3.63, 3.8) is 0 Å². The van der Waals surface area contributed by atoms with Gasteiger partial charge in [-0.15, -0.1) is 11.3 Å². The van der Waals surface area contributed by atoms with Crippen LogP contribution in [-0.2, 0) is 21.0 Å². The first-order valence-electron chi connectivity index (χ1n) is 7.35. The van der Waals surface area contributed by atoms with Gasteiger partial charge in [0, 0.05) is 22.9 Å². The molecule has 0 bridgehead atoms. The maximum absolute atomic E-state index is 12.2. The van der Waals surface area contributed by atoms with Gasteiger partial charge in [-0.2, -0.15) is 0 Å². The summed E-state index contributed by atoms with van der Waals surface area (Å²) in [7, 11) is -3.26. The van der Waals surface area contributed by atoms with Crippen molar-refractivity contribution >= 4 is 39.2 Å². The van der Waals surface area contributed by atoms with Crippen LogP contribution in [0.25, 0.3) is 5.57 Å². The predicted molar refractivity (Wildman–Crippen MR) is 93.8 cm³/mol. The molecule has 1 amide bonds. The summed E-state index contributed by atoms with van der Waals surface area (Å²) in [5.41, 5.74) is 1.80. The molecule has 0 N–H and O–H groups in total. The zero-order valence-corrected chi connectivity index (χ0v) is 15.5. The molecule has 1 aliphatic heterocycles. The molecule has 3 rings (SSSR count). The molecule has 6 nitrogen and oxygen atoms in total. The van der Waals surface area contributed by atoms with E-state index in [1.165, 1.54) is 28.8 Å². The molecule has 0 saturated carbocycles. The van der Waals surface area contributed by atoms with Gasteiger partial charge in [-0.05, 0) is 38.8 Å². The van der Waals surface area contributed by atoms with Crippen LogP contribution in [0, 0.1) is 0 Å². The van der Waals surface area contributed by atoms with Crippen LogP contribution in [0.4, 0.5) is 4.79 Å². The number of carbonyl (C=O) groups is 1. The van der Waals surface area contributed by atoms with Crippen molar-refractivity contribution in [2.75, 3.05) is 6.26 Å². The van der Waals surface area contributed by atoms with E-state index in [1.807, 2.05) is 6.08 Å². The van der Waals surface area contributed by atoms with Crippen molar-refractivity contribution in [1.29, 1.82) is 0 Å². The fourth-order valence-corrected chi connectivity index (χ4v) is 4.51. The molecule has 8 heteroatoms. The summed E-state index contributed by atoms with van der Waals surface area (Å²) in [6, 6.07) is 1.69. The minimum atomic E-state index is -3.26. The van der Waals surface area contributed by atoms with Crippen LogP contribution in [0.2, 0.25) is 0 Å². The van der Waals surface area contributed by atoms with Gasteiger partial charge in [0.1, 0.15) is 16.1 Å². The fourth-order valence-electron chi connectivity index (χ4n) is 2.36. The largest absolute Gasteiger partial charge is 0.443 e. The first-order valence-corrected chi connectivity index (χ1v) is 10.1. The second-order valence-electron chi connectivity index (χ2n) is 6.66. The fraction of sp³-hybridized carbons (Fsp3) is 0.375. The van der Waals surface area contributed by atoms with Crippen molar-refractivity contribution in [3.8, 4) is 0 Å². The molecule has 0 radical (unpaired) electrons. The molecule has 1 aliphatic carbocycles. The molecule has 2 heterocycles. The van der Waals surface area contributed by atoms with Gasteiger partial charge in [-0.25, -0.2) is 23.1 Å². The molecule has 0 atom stereocenters. The van der Waals surface area contributed by atoms with E-state index in [0.29, 0.717) is 10.6 Å². The number of rotatable bonds is 1. The van der Waals surface area contributed by atoms with Gasteiger partial charge in [-0.1, -0.05) is 6.08 Å². The Balaban J connectivity index is 1.97. The molecule has 1 aromatic rings. The lowest BCUT2D eigenvalue weighted by Crippen LogP contribution is -2.34. The van der Waals surface area contributed by atoms with E-state index < -0.39 is 21.5 Å². The average Bonchev–Trinajstić information content (AvgIpc) is 2.89. The normalized spacial score (nSPS) is 16.9. The smallest absolute Gasteiger partial charge is 0.419 e. The van der Waals surface area contributed by atoms with E-state index in [2.05, 4.69) is 4.99 Å². The molecule has 0 aromatic carbocycles. The zero-order chi connectivity index (χ0) is 17.7. The van der Waals surface area contributed by atoms with Crippen LogP contribution in [-0.4, -0.2) is 37.6 Å². The average molecular weight is 366 g/mol. The minimum absolute atomic E-state index is 0.321. The summed E-state index contributed by atoms with van der Waals surface area (Å²) >= 11 is 1.21. The third kappa shape index (κ3) is 3.29. The standard InChI is InChI=1S/C16H18N2O4S2/c1-16(2,3)22-15(19)18-8-11-12(17-9-18)6-5-10-7-13(23-14(10)11)24(4,20)21/h6-9H,5H2,1-4H3. The van der Waals surface area contributed by atoms with Crippen molar-refractivity contribution in [2.45, 2.75) is 37.0 Å². The second kappa shape index (κ2) is 5.56. The van der Waals surface area contributed by atoms with E-state index in [4.69, 9.17) is 4.74 Å². The van der Waals surface area contributed by atoms with Crippen molar-refractivity contribution < 1.29 is 17.9 Å². The maximum atomic E-state index is 12.2. The first-order chi connectivity index (χ1) is 11.0. The number of ether oxygens (including phenoxy) is 1. The number of hydrogen-bond acceptors (Lipinski definition) is 6. The molecule has 2 aliphatic rings. The Kier molecular flexibility index (Phi) is 3.92. The van der Waals surface area contributed by atoms with Gasteiger partial charge in [0.2, 0.25) is 0 Å². The number of nitrogens with zero attached hydrogens (tertiary/aromatic N) is 2. The molecule has 0 unspecified atom stereocenters. The highest BCUT2D eigenvalue weighted by Gasteiger charge is 2.28. The van der Waals surface area contributed by atoms with Gasteiger partial charge in [0.15, 0.2) is 9.84 Å². The Labute approximate surface area is 145 Å². The Bertz CT molecular complexity index is 899. The Hall–Kier alpha value is -1.93. The molecule has 0 spiro atoms. The maximum Gasteiger partial charge on any atom is 0.419 e. The van der Waals surface area contributed by atoms with E-state index in [0.717, 1.165) is 21.7 Å². The first kappa shape index (κ1) is 16.9. The highest BCUT2D eigenvalue weighted by Crippen LogP contribution is 2.40. The summed E-state index contributed by atoms with van der Waals surface area (Å²) in [5, 5.41) is 0. The molecule has 128 valence electrons. The van der Waals surface area contributed by atoms with Crippen molar-refractivity contribution in [1.82, 2.24) is 4.90 Å². The molecular weight excluding hydrogens is 348 g/mol. The summed E-state index contributed by atoms with van der Waals surface area (Å²) < 4.78 is 29.3. The summed E-state index contributed by atoms with van der Waals surface area (Å²) in [6.45, 7) is 5.38. The monoisotopic (exact) mass is 366 g/mol. The summed E-state index contributed by atoms with van der Waals surface area (Å²) in [6.07, 6.45) is 6.28. The Morgan fingerprint density at radius 3 is 2.71 bits per heavy atom. The molecule has 0 fully saturated rings. The van der Waals surface area contributed by atoms with E-state index in [9.17, 15) is 13.2 Å². The number of allylic oxidation sites excluding steroid dienone is 2. The Morgan fingerprint density at radius 2 is 2.08 bits per heavy atom. The molecule has 1 aromatic heterocycles. The highest BCUT2D eigenvalue weighted by molar-refractivity contribution is 7.92. The Morgan fingerprint density at radius 1 is 1.38 bits per heavy atom. The van der Waals surface area contributed by atoms with Crippen LogP contribution in [0.15, 0.2) is 33.2 Å². The van der Waals surface area contributed by atoms with E-state index in [-0.39, 0.29) is 0 Å². The number of thiophene rings is 1. The van der Waals surface area contributed by atoms with Crippen LogP contribution >= 0.6 is 11.3 Å². The molecule has 24 heavy (non-hydrogen) atoms. The minimum Gasteiger partial charge on any atom is -0.443 e. The third-order valence-electron chi connectivity index (χ3n) is 3.38. The third-order valence-corrected chi connectivity index (χ3v) is 6.39. The van der Waals surface area contributed by atoms with Gasteiger partial charge in [0.05, 0.1) is 5.70 Å². The quantitative estimate of drug-likeness (QED) is 0.765. The lowest BCUT2D eigenvalue weighted by atomic mass is 9.98. The van der Waals surface area contributed by atoms with Crippen LogP contribution in [0.5, 0.6) is 0 Å². The van der Waals surface area contributed by atoms with Gasteiger partial charge < -0.3 is 4.74 Å². The molecular formula is C16H18N2O4S2. The van der Waals surface area contributed by atoms with Gasteiger partial charge in [-0.3, -0.25) is 0 Å². The number of sulfone groups is 1. The van der Waals surface area contributed by atoms with Crippen molar-refractivity contribution in [2.24, 2.45) is 4.99 Å². The summed E-state index contributed by atoms with van der Waals surface area (Å²) in [4.78, 5) is 18.6. The number of aliphatic imine (C=N–C) groups is 1. The number of carbonyl (C=O) groups excluding carboxylic acids is 1. The lowest BCUT2D eigenvalue weighted by Gasteiger charge is -2.26. The lowest BCUT2D eigenvalue weighted by molar-refractivity contribution is 0.0431. The SMILES string of the molecule is CC(C)(C)OC(=O)N1C=NC2=CCc3cc(S(C)(=O)=O)sc3C2=C1. The van der Waals surface area contributed by atoms with Gasteiger partial charge in [0.25, 0.3) is 0 Å².